The molecule has 0 saturated carbocycles. The van der Waals surface area contributed by atoms with E-state index in [9.17, 15) is 20.1 Å². The van der Waals surface area contributed by atoms with Gasteiger partial charge in [-0.25, -0.2) is 0 Å². The maximum absolute atomic E-state index is 12.9. The number of hydrogen-bond acceptors (Lipinski definition) is 6. The molecule has 5 N–H and O–H groups in total. The molecule has 0 aromatic heterocycles. The van der Waals surface area contributed by atoms with Gasteiger partial charge < -0.3 is 30.3 Å². The van der Waals surface area contributed by atoms with Crippen molar-refractivity contribution in [3.63, 3.8) is 0 Å². The molecule has 2 fully saturated rings. The molecule has 2 heterocycles. The van der Waals surface area contributed by atoms with E-state index in [4.69, 9.17) is 16.3 Å². The zero-order valence-electron chi connectivity index (χ0n) is 16.5. The number of likely N-dealkylation sites (tertiary alicyclic amines) is 1. The fourth-order valence-corrected chi connectivity index (χ4v) is 5.15. The Hall–Kier alpha value is -0.0900. The number of aliphatic hydroxyl groups is 3. The molecule has 7 nitrogen and oxygen atoms in total. The third-order valence-corrected chi connectivity index (χ3v) is 6.91. The predicted octanol–water partition coefficient (Wildman–Crippen LogP) is -1.03. The van der Waals surface area contributed by atoms with Crippen LogP contribution >= 0.6 is 23.4 Å². The standard InChI is InChI=1S/C18H33ClN2O5S/c1-5-6-10-7-11(21(3)8-10)17(25)20-12(9(2)19)16-14(23)13(22)15(24)18(26-16)27-4/h9-16,18,22-24H,5-8H2,1-4H3,(H,20,25)/p+1/t9-,10-,11-,12-,13+,14-,15+,16-,18+/m1/s1. The Morgan fingerprint density at radius 3 is 2.56 bits per heavy atom. The zero-order chi connectivity index (χ0) is 20.3. The Bertz CT molecular complexity index is 498. The van der Waals surface area contributed by atoms with Gasteiger partial charge >= 0.3 is 0 Å². The normalized spacial score (nSPS) is 41.9. The number of rotatable bonds is 7. The lowest BCUT2D eigenvalue weighted by molar-refractivity contribution is -0.884. The molecular weight excluding hydrogens is 392 g/mol. The molecule has 2 aliphatic heterocycles. The second-order valence-electron chi connectivity index (χ2n) is 7.88. The van der Waals surface area contributed by atoms with Crippen LogP contribution in [-0.2, 0) is 9.53 Å². The summed E-state index contributed by atoms with van der Waals surface area (Å²) in [5, 5.41) is 33.1. The molecule has 1 amide bonds. The number of nitrogens with one attached hydrogen (secondary N) is 2. The van der Waals surface area contributed by atoms with Crippen LogP contribution < -0.4 is 10.2 Å². The lowest BCUT2D eigenvalue weighted by Crippen LogP contribution is -3.12. The highest BCUT2D eigenvalue weighted by atomic mass is 35.5. The molecule has 0 aromatic carbocycles. The summed E-state index contributed by atoms with van der Waals surface area (Å²) in [6, 6.07) is -0.837. The molecule has 9 heteroatoms. The molecule has 1 unspecified atom stereocenters. The van der Waals surface area contributed by atoms with Gasteiger partial charge in [-0.1, -0.05) is 13.3 Å². The fraction of sp³-hybridized carbons (Fsp3) is 0.944. The van der Waals surface area contributed by atoms with Gasteiger partial charge in [-0.15, -0.1) is 23.4 Å². The van der Waals surface area contributed by atoms with Crippen LogP contribution in [-0.4, -0.2) is 88.4 Å². The minimum Gasteiger partial charge on any atom is -0.388 e. The maximum atomic E-state index is 12.9. The summed E-state index contributed by atoms with van der Waals surface area (Å²) in [6.07, 6.45) is 0.00196. The van der Waals surface area contributed by atoms with Crippen molar-refractivity contribution >= 4 is 29.3 Å². The van der Waals surface area contributed by atoms with Crippen LogP contribution in [0.5, 0.6) is 0 Å². The second-order valence-corrected chi connectivity index (χ2v) is 9.51. The van der Waals surface area contributed by atoms with Crippen LogP contribution in [0.25, 0.3) is 0 Å². The number of aliphatic hydroxyl groups excluding tert-OH is 3. The average Bonchev–Trinajstić information content (AvgIpc) is 2.99. The van der Waals surface area contributed by atoms with E-state index < -0.39 is 41.3 Å². The number of alkyl halides is 1. The third kappa shape index (κ3) is 5.29. The van der Waals surface area contributed by atoms with Crippen molar-refractivity contribution in [1.29, 1.82) is 0 Å². The predicted molar refractivity (Wildman–Crippen MR) is 106 cm³/mol. The molecule has 2 saturated heterocycles. The number of amides is 1. The second kappa shape index (κ2) is 10.1. The number of likely N-dealkylation sites (N-methyl/N-ethyl adjacent to an activating group) is 1. The van der Waals surface area contributed by atoms with Gasteiger partial charge in [0.2, 0.25) is 0 Å². The monoisotopic (exact) mass is 425 g/mol. The summed E-state index contributed by atoms with van der Waals surface area (Å²) in [4.78, 5) is 14.1. The zero-order valence-corrected chi connectivity index (χ0v) is 18.0. The number of hydrogen-bond donors (Lipinski definition) is 5. The molecule has 158 valence electrons. The first-order chi connectivity index (χ1) is 12.7. The van der Waals surface area contributed by atoms with Crippen LogP contribution in [0.15, 0.2) is 0 Å². The Kier molecular flexibility index (Phi) is 8.67. The largest absolute Gasteiger partial charge is 0.388 e. The number of quaternary nitrogens is 1. The van der Waals surface area contributed by atoms with Gasteiger partial charge in [0.1, 0.15) is 29.9 Å². The summed E-state index contributed by atoms with van der Waals surface area (Å²) in [7, 11) is 2.02. The first kappa shape index (κ1) is 23.2. The van der Waals surface area contributed by atoms with Crippen molar-refractivity contribution in [2.75, 3.05) is 19.8 Å². The van der Waals surface area contributed by atoms with Crippen molar-refractivity contribution in [3.05, 3.63) is 0 Å². The van der Waals surface area contributed by atoms with Gasteiger partial charge in [-0.3, -0.25) is 4.79 Å². The van der Waals surface area contributed by atoms with E-state index in [1.54, 1.807) is 13.2 Å². The van der Waals surface area contributed by atoms with Gasteiger partial charge in [-0.05, 0) is 19.6 Å². The molecule has 2 rings (SSSR count). The van der Waals surface area contributed by atoms with Crippen molar-refractivity contribution in [1.82, 2.24) is 5.32 Å². The molecular formula is C18H34ClN2O5S+. The Morgan fingerprint density at radius 2 is 2.00 bits per heavy atom. The molecule has 0 aromatic rings. The highest BCUT2D eigenvalue weighted by Gasteiger charge is 2.49. The van der Waals surface area contributed by atoms with Gasteiger partial charge in [-0.2, -0.15) is 0 Å². The summed E-state index contributed by atoms with van der Waals surface area (Å²) in [5.41, 5.74) is -0.697. The lowest BCUT2D eigenvalue weighted by atomic mass is 9.92. The summed E-state index contributed by atoms with van der Waals surface area (Å²) in [5.74, 6) is 0.424. The van der Waals surface area contributed by atoms with Crippen molar-refractivity contribution in [2.45, 2.75) is 80.4 Å². The van der Waals surface area contributed by atoms with Crippen LogP contribution in [0, 0.1) is 5.92 Å². The Morgan fingerprint density at radius 1 is 1.33 bits per heavy atom. The van der Waals surface area contributed by atoms with Crippen molar-refractivity contribution < 1.29 is 29.8 Å². The molecule has 0 radical (unpaired) electrons. The van der Waals surface area contributed by atoms with Crippen LogP contribution in [0.3, 0.4) is 0 Å². The van der Waals surface area contributed by atoms with Gasteiger partial charge in [0.05, 0.1) is 25.0 Å². The minimum absolute atomic E-state index is 0.110. The molecule has 10 atom stereocenters. The van der Waals surface area contributed by atoms with E-state index in [-0.39, 0.29) is 11.9 Å². The van der Waals surface area contributed by atoms with Crippen molar-refractivity contribution in [2.24, 2.45) is 5.92 Å². The minimum atomic E-state index is -1.36. The maximum Gasteiger partial charge on any atom is 0.278 e. The number of carbonyl (C=O) groups excluding carboxylic acids is 1. The lowest BCUT2D eigenvalue weighted by Gasteiger charge is -2.44. The fourth-order valence-electron chi connectivity index (χ4n) is 4.26. The number of halogens is 1. The van der Waals surface area contributed by atoms with Gasteiger partial charge in [0.25, 0.3) is 5.91 Å². The van der Waals surface area contributed by atoms with E-state index in [0.29, 0.717) is 5.92 Å². The van der Waals surface area contributed by atoms with E-state index >= 15 is 0 Å². The smallest absolute Gasteiger partial charge is 0.278 e. The summed E-state index contributed by atoms with van der Waals surface area (Å²) >= 11 is 7.56. The molecule has 0 bridgehead atoms. The molecule has 27 heavy (non-hydrogen) atoms. The average molecular weight is 426 g/mol. The topological polar surface area (TPSA) is 103 Å². The molecule has 0 aliphatic carbocycles. The summed E-state index contributed by atoms with van der Waals surface area (Å²) in [6.45, 7) is 4.84. The van der Waals surface area contributed by atoms with Crippen LogP contribution in [0.1, 0.15) is 33.1 Å². The molecule has 2 aliphatic rings. The SMILES string of the molecule is CCC[C@@H]1C[C@H](C(=O)N[C@@H]([C@H]2O[C@@H](SC)[C@@H](O)[C@@H](O)[C@H]2O)[C@@H](C)Cl)[NH+](C)C1. The van der Waals surface area contributed by atoms with Crippen LogP contribution in [0.4, 0.5) is 0 Å². The van der Waals surface area contributed by atoms with Crippen molar-refractivity contribution in [3.8, 4) is 0 Å². The van der Waals surface area contributed by atoms with Crippen LogP contribution in [0.2, 0.25) is 0 Å². The first-order valence-electron chi connectivity index (χ1n) is 9.70. The van der Waals surface area contributed by atoms with E-state index in [1.165, 1.54) is 16.7 Å². The molecule has 0 spiro atoms. The highest BCUT2D eigenvalue weighted by molar-refractivity contribution is 7.99. The first-order valence-corrected chi connectivity index (χ1v) is 11.4. The Balaban J connectivity index is 2.09. The highest BCUT2D eigenvalue weighted by Crippen LogP contribution is 2.30. The number of ether oxygens (including phenoxy) is 1. The van der Waals surface area contributed by atoms with E-state index in [0.717, 1.165) is 25.8 Å². The number of thioether (sulfide) groups is 1. The summed E-state index contributed by atoms with van der Waals surface area (Å²) < 4.78 is 5.80. The quantitative estimate of drug-likeness (QED) is 0.334. The van der Waals surface area contributed by atoms with E-state index in [1.807, 2.05) is 7.05 Å². The van der Waals surface area contributed by atoms with Gasteiger partial charge in [0, 0.05) is 12.3 Å². The third-order valence-electron chi connectivity index (χ3n) is 5.78. The Labute approximate surface area is 170 Å². The van der Waals surface area contributed by atoms with Gasteiger partial charge in [0.15, 0.2) is 6.04 Å². The van der Waals surface area contributed by atoms with E-state index in [2.05, 4.69) is 12.2 Å². The number of carbonyl (C=O) groups is 1.